The van der Waals surface area contributed by atoms with E-state index < -0.39 is 0 Å². The van der Waals surface area contributed by atoms with E-state index in [2.05, 4.69) is 116 Å². The van der Waals surface area contributed by atoms with Crippen LogP contribution in [0.5, 0.6) is 23.0 Å². The topological polar surface area (TPSA) is 36.9 Å². The molecule has 0 N–H and O–H groups in total. The molecule has 0 aliphatic rings. The summed E-state index contributed by atoms with van der Waals surface area (Å²) in [5, 5.41) is 3.44. The van der Waals surface area contributed by atoms with Gasteiger partial charge in [-0.05, 0) is 73.9 Å². The van der Waals surface area contributed by atoms with Crippen LogP contribution in [0.3, 0.4) is 0 Å². The van der Waals surface area contributed by atoms with E-state index in [1.807, 2.05) is 0 Å². The Morgan fingerprint density at radius 2 is 0.620 bits per heavy atom. The lowest BCUT2D eigenvalue weighted by Crippen LogP contribution is -2.06. The Labute approximate surface area is 340 Å². The average Bonchev–Trinajstić information content (AvgIpc) is 3.13. The van der Waals surface area contributed by atoms with Gasteiger partial charge in [-0.25, -0.2) is 0 Å². The van der Waals surface area contributed by atoms with Gasteiger partial charge in [0.2, 0.25) is 0 Å². The number of rotatable bonds is 30. The SMILES string of the molecule is CCCCCCOc1cc(CBr)c(OCCCCCC)cc1CBr.CCCCCCOc1cc(CCBr)c(OCCCCCC)cc1CCBr. The fourth-order valence-electron chi connectivity index (χ4n) is 5.47. The summed E-state index contributed by atoms with van der Waals surface area (Å²) in [7, 11) is 0. The quantitative estimate of drug-likeness (QED) is 0.0578. The minimum Gasteiger partial charge on any atom is -0.493 e. The molecule has 50 heavy (non-hydrogen) atoms. The van der Waals surface area contributed by atoms with Gasteiger partial charge in [0.05, 0.1) is 26.4 Å². The number of benzene rings is 2. The van der Waals surface area contributed by atoms with E-state index in [1.165, 1.54) is 99.3 Å². The standard InChI is InChI=1S/C22H36Br2O2.C20H32Br2O2/c1-3-5-7-9-15-25-21-17-20(12-14-24)22(18-19(21)11-13-23)26-16-10-8-6-4-2;1-3-5-7-9-11-23-19-13-18(16-22)20(14-17(19)15-21)24-12-10-8-6-4-2/h17-18H,3-16H2,1-2H3;13-14H,3-12,15-16H2,1-2H3. The van der Waals surface area contributed by atoms with Crippen LogP contribution in [0.25, 0.3) is 0 Å². The molecule has 8 heteroatoms. The molecule has 0 aromatic heterocycles. The molecule has 0 saturated heterocycles. The Morgan fingerprint density at radius 3 is 0.860 bits per heavy atom. The van der Waals surface area contributed by atoms with E-state index in [0.717, 1.165) is 109 Å². The van der Waals surface area contributed by atoms with Crippen LogP contribution in [-0.2, 0) is 23.5 Å². The summed E-state index contributed by atoms with van der Waals surface area (Å²) >= 11 is 14.3. The summed E-state index contributed by atoms with van der Waals surface area (Å²) in [6.07, 6.45) is 21.6. The largest absolute Gasteiger partial charge is 0.493 e. The summed E-state index contributed by atoms with van der Waals surface area (Å²) < 4.78 is 24.3. The molecule has 0 saturated carbocycles. The van der Waals surface area contributed by atoms with Gasteiger partial charge in [-0.3, -0.25) is 0 Å². The van der Waals surface area contributed by atoms with Crippen LogP contribution in [-0.4, -0.2) is 37.1 Å². The van der Waals surface area contributed by atoms with Crippen molar-refractivity contribution in [1.29, 1.82) is 0 Å². The van der Waals surface area contributed by atoms with E-state index >= 15 is 0 Å². The lowest BCUT2D eigenvalue weighted by molar-refractivity contribution is 0.292. The normalized spacial score (nSPS) is 10.9. The van der Waals surface area contributed by atoms with Gasteiger partial charge in [-0.2, -0.15) is 0 Å². The maximum atomic E-state index is 6.14. The third-order valence-corrected chi connectivity index (χ3v) is 10.5. The lowest BCUT2D eigenvalue weighted by atomic mass is 10.0. The monoisotopic (exact) mass is 952 g/mol. The summed E-state index contributed by atoms with van der Waals surface area (Å²) in [6.45, 7) is 12.1. The predicted octanol–water partition coefficient (Wildman–Crippen LogP) is 14.9. The van der Waals surface area contributed by atoms with Crippen molar-refractivity contribution < 1.29 is 18.9 Å². The Bertz CT molecular complexity index is 1010. The van der Waals surface area contributed by atoms with Gasteiger partial charge in [0.15, 0.2) is 0 Å². The molecule has 2 aromatic carbocycles. The molecule has 2 rings (SSSR count). The number of hydrogen-bond acceptors (Lipinski definition) is 4. The third-order valence-electron chi connectivity index (χ3n) is 8.52. The van der Waals surface area contributed by atoms with Crippen LogP contribution in [0.1, 0.15) is 153 Å². The number of hydrogen-bond donors (Lipinski definition) is 0. The smallest absolute Gasteiger partial charge is 0.123 e. The first-order valence-electron chi connectivity index (χ1n) is 19.6. The molecule has 4 nitrogen and oxygen atoms in total. The van der Waals surface area contributed by atoms with E-state index in [-0.39, 0.29) is 0 Å². The van der Waals surface area contributed by atoms with E-state index in [9.17, 15) is 0 Å². The molecule has 0 heterocycles. The van der Waals surface area contributed by atoms with Crippen molar-refractivity contribution in [3.05, 3.63) is 46.5 Å². The van der Waals surface area contributed by atoms with Gasteiger partial charge in [-0.1, -0.05) is 168 Å². The van der Waals surface area contributed by atoms with Crippen molar-refractivity contribution in [3.8, 4) is 23.0 Å². The molecule has 2 aromatic rings. The molecule has 0 aliphatic carbocycles. The van der Waals surface area contributed by atoms with Crippen molar-refractivity contribution in [2.24, 2.45) is 0 Å². The molecule has 0 spiro atoms. The van der Waals surface area contributed by atoms with Gasteiger partial charge in [0.25, 0.3) is 0 Å². The van der Waals surface area contributed by atoms with Gasteiger partial charge in [-0.15, -0.1) is 0 Å². The molecule has 0 fully saturated rings. The molecule has 0 bridgehead atoms. The maximum Gasteiger partial charge on any atom is 0.123 e. The highest BCUT2D eigenvalue weighted by Gasteiger charge is 2.13. The zero-order valence-electron chi connectivity index (χ0n) is 31.8. The van der Waals surface area contributed by atoms with Crippen molar-refractivity contribution >= 4 is 63.7 Å². The first-order chi connectivity index (χ1) is 24.5. The number of unbranched alkanes of at least 4 members (excludes halogenated alkanes) is 12. The fourth-order valence-corrected chi connectivity index (χ4v) is 7.20. The first kappa shape index (κ1) is 47.6. The zero-order valence-corrected chi connectivity index (χ0v) is 38.2. The number of halogens is 4. The zero-order chi connectivity index (χ0) is 36.7. The van der Waals surface area contributed by atoms with Crippen LogP contribution in [0.2, 0.25) is 0 Å². The van der Waals surface area contributed by atoms with Gasteiger partial charge in [0, 0.05) is 32.4 Å². The fraction of sp³-hybridized carbons (Fsp3) is 0.714. The molecule has 0 atom stereocenters. The number of ether oxygens (including phenoxy) is 4. The van der Waals surface area contributed by atoms with Crippen LogP contribution >= 0.6 is 63.7 Å². The minimum atomic E-state index is 0.784. The van der Waals surface area contributed by atoms with E-state index in [1.54, 1.807) is 0 Å². The third kappa shape index (κ3) is 21.3. The second-order valence-electron chi connectivity index (χ2n) is 12.9. The highest BCUT2D eigenvalue weighted by Crippen LogP contribution is 2.33. The molecule has 0 unspecified atom stereocenters. The van der Waals surface area contributed by atoms with Crippen LogP contribution in [0.15, 0.2) is 24.3 Å². The number of alkyl halides is 4. The second kappa shape index (κ2) is 33.2. The maximum absolute atomic E-state index is 6.14. The van der Waals surface area contributed by atoms with Crippen molar-refractivity contribution in [2.75, 3.05) is 37.1 Å². The molecular formula is C42H68Br4O4. The molecule has 0 radical (unpaired) electrons. The number of aryl methyl sites for hydroxylation is 2. The highest BCUT2D eigenvalue weighted by atomic mass is 79.9. The average molecular weight is 957 g/mol. The van der Waals surface area contributed by atoms with Gasteiger partial charge >= 0.3 is 0 Å². The summed E-state index contributed by atoms with van der Waals surface area (Å²) in [5.74, 6) is 4.04. The van der Waals surface area contributed by atoms with E-state index in [4.69, 9.17) is 18.9 Å². The molecule has 0 aliphatic heterocycles. The van der Waals surface area contributed by atoms with Crippen molar-refractivity contribution in [1.82, 2.24) is 0 Å². The van der Waals surface area contributed by atoms with Crippen molar-refractivity contribution in [3.63, 3.8) is 0 Å². The second-order valence-corrected chi connectivity index (χ2v) is 15.6. The molecular weight excluding hydrogens is 888 g/mol. The predicted molar refractivity (Wildman–Crippen MR) is 232 cm³/mol. The Balaban J connectivity index is 0.000000502. The van der Waals surface area contributed by atoms with E-state index in [0.29, 0.717) is 0 Å². The summed E-state index contributed by atoms with van der Waals surface area (Å²) in [5.41, 5.74) is 4.83. The highest BCUT2D eigenvalue weighted by molar-refractivity contribution is 9.09. The van der Waals surface area contributed by atoms with Crippen LogP contribution in [0.4, 0.5) is 0 Å². The molecule has 0 amide bonds. The summed E-state index contributed by atoms with van der Waals surface area (Å²) in [4.78, 5) is 0. The first-order valence-corrected chi connectivity index (χ1v) is 24.1. The summed E-state index contributed by atoms with van der Waals surface area (Å²) in [6, 6.07) is 8.68. The minimum absolute atomic E-state index is 0.784. The van der Waals surface area contributed by atoms with Gasteiger partial charge < -0.3 is 18.9 Å². The Morgan fingerprint density at radius 1 is 0.360 bits per heavy atom. The lowest BCUT2D eigenvalue weighted by Gasteiger charge is -2.17. The Kier molecular flexibility index (Phi) is 31.5. The van der Waals surface area contributed by atoms with Gasteiger partial charge in [0.1, 0.15) is 23.0 Å². The van der Waals surface area contributed by atoms with Crippen LogP contribution < -0.4 is 18.9 Å². The molecule has 288 valence electrons. The Hall–Kier alpha value is -0.440. The van der Waals surface area contributed by atoms with Crippen LogP contribution in [0, 0.1) is 0 Å². The van der Waals surface area contributed by atoms with Crippen molar-refractivity contribution in [2.45, 2.75) is 154 Å².